The summed E-state index contributed by atoms with van der Waals surface area (Å²) in [7, 11) is 0. The van der Waals surface area contributed by atoms with Crippen molar-refractivity contribution in [1.29, 1.82) is 0 Å². The van der Waals surface area contributed by atoms with Crippen LogP contribution in [0.3, 0.4) is 0 Å². The molecule has 0 N–H and O–H groups in total. The molecule has 1 aliphatic rings. The predicted molar refractivity (Wildman–Crippen MR) is 93.8 cm³/mol. The molecule has 1 fully saturated rings. The minimum atomic E-state index is 0.159. The number of benzene rings is 1. The SMILES string of the molecule is CCC1CCCCN1C(=O)/C=C/c1ccc(C(C)(C)C)cc1. The molecule has 1 aromatic carbocycles. The molecule has 0 radical (unpaired) electrons. The molecule has 0 aliphatic carbocycles. The molecule has 22 heavy (non-hydrogen) atoms. The van der Waals surface area contributed by atoms with Gasteiger partial charge in [-0.3, -0.25) is 4.79 Å². The fraction of sp³-hybridized carbons (Fsp3) is 0.550. The Bertz CT molecular complexity index is 522. The Morgan fingerprint density at radius 3 is 2.50 bits per heavy atom. The van der Waals surface area contributed by atoms with Crippen molar-refractivity contribution in [3.05, 3.63) is 41.5 Å². The van der Waals surface area contributed by atoms with E-state index in [9.17, 15) is 4.79 Å². The Labute approximate surface area is 135 Å². The monoisotopic (exact) mass is 299 g/mol. The van der Waals surface area contributed by atoms with Gasteiger partial charge in [-0.1, -0.05) is 52.0 Å². The van der Waals surface area contributed by atoms with Gasteiger partial charge < -0.3 is 4.90 Å². The van der Waals surface area contributed by atoms with E-state index >= 15 is 0 Å². The van der Waals surface area contributed by atoms with Crippen LogP contribution in [0.15, 0.2) is 30.3 Å². The highest BCUT2D eigenvalue weighted by molar-refractivity contribution is 5.92. The highest BCUT2D eigenvalue weighted by Crippen LogP contribution is 2.23. The van der Waals surface area contributed by atoms with E-state index in [4.69, 9.17) is 0 Å². The maximum Gasteiger partial charge on any atom is 0.246 e. The van der Waals surface area contributed by atoms with E-state index in [1.54, 1.807) is 6.08 Å². The van der Waals surface area contributed by atoms with Crippen LogP contribution >= 0.6 is 0 Å². The van der Waals surface area contributed by atoms with Gasteiger partial charge in [0.25, 0.3) is 0 Å². The first kappa shape index (κ1) is 16.8. The third-order valence-corrected chi connectivity index (χ3v) is 4.58. The van der Waals surface area contributed by atoms with Crippen molar-refractivity contribution >= 4 is 12.0 Å². The summed E-state index contributed by atoms with van der Waals surface area (Å²) in [5.74, 6) is 0.159. The summed E-state index contributed by atoms with van der Waals surface area (Å²) in [6, 6.07) is 8.92. The van der Waals surface area contributed by atoms with Crippen molar-refractivity contribution < 1.29 is 4.79 Å². The van der Waals surface area contributed by atoms with Crippen LogP contribution in [-0.2, 0) is 10.2 Å². The van der Waals surface area contributed by atoms with E-state index in [0.717, 1.165) is 31.4 Å². The van der Waals surface area contributed by atoms with Crippen molar-refractivity contribution in [3.63, 3.8) is 0 Å². The maximum absolute atomic E-state index is 12.4. The molecule has 1 heterocycles. The Balaban J connectivity index is 2.03. The van der Waals surface area contributed by atoms with Crippen LogP contribution in [0.4, 0.5) is 0 Å². The van der Waals surface area contributed by atoms with Gasteiger partial charge in [0.05, 0.1) is 0 Å². The lowest BCUT2D eigenvalue weighted by atomic mass is 9.87. The van der Waals surface area contributed by atoms with Crippen LogP contribution in [0.2, 0.25) is 0 Å². The zero-order chi connectivity index (χ0) is 16.2. The van der Waals surface area contributed by atoms with Crippen LogP contribution in [0.25, 0.3) is 6.08 Å². The summed E-state index contributed by atoms with van der Waals surface area (Å²) in [4.78, 5) is 14.5. The van der Waals surface area contributed by atoms with E-state index in [0.29, 0.717) is 6.04 Å². The van der Waals surface area contributed by atoms with Gasteiger partial charge in [0.1, 0.15) is 0 Å². The topological polar surface area (TPSA) is 20.3 Å². The minimum Gasteiger partial charge on any atom is -0.336 e. The molecule has 0 spiro atoms. The Morgan fingerprint density at radius 1 is 1.23 bits per heavy atom. The molecule has 2 rings (SSSR count). The predicted octanol–water partition coefficient (Wildman–Crippen LogP) is 4.79. The number of hydrogen-bond donors (Lipinski definition) is 0. The Hall–Kier alpha value is -1.57. The number of rotatable bonds is 3. The molecular weight excluding hydrogens is 270 g/mol. The summed E-state index contributed by atoms with van der Waals surface area (Å²) in [6.45, 7) is 9.71. The van der Waals surface area contributed by atoms with Gasteiger partial charge in [0.2, 0.25) is 5.91 Å². The van der Waals surface area contributed by atoms with Gasteiger partial charge in [-0.25, -0.2) is 0 Å². The molecule has 1 atom stereocenters. The fourth-order valence-electron chi connectivity index (χ4n) is 3.07. The number of likely N-dealkylation sites (tertiary alicyclic amines) is 1. The van der Waals surface area contributed by atoms with E-state index in [1.165, 1.54) is 12.0 Å². The average molecular weight is 299 g/mol. The molecule has 1 aliphatic heterocycles. The van der Waals surface area contributed by atoms with Crippen molar-refractivity contribution in [2.24, 2.45) is 0 Å². The summed E-state index contributed by atoms with van der Waals surface area (Å²) in [5.41, 5.74) is 2.57. The first-order valence-corrected chi connectivity index (χ1v) is 8.51. The van der Waals surface area contributed by atoms with E-state index in [-0.39, 0.29) is 11.3 Å². The van der Waals surface area contributed by atoms with Crippen LogP contribution in [-0.4, -0.2) is 23.4 Å². The highest BCUT2D eigenvalue weighted by atomic mass is 16.2. The molecule has 120 valence electrons. The van der Waals surface area contributed by atoms with Crippen LogP contribution < -0.4 is 0 Å². The largest absolute Gasteiger partial charge is 0.336 e. The van der Waals surface area contributed by atoms with E-state index in [2.05, 4.69) is 52.0 Å². The van der Waals surface area contributed by atoms with Crippen LogP contribution in [0, 0.1) is 0 Å². The van der Waals surface area contributed by atoms with Gasteiger partial charge in [-0.15, -0.1) is 0 Å². The number of amides is 1. The first-order chi connectivity index (χ1) is 10.4. The number of nitrogens with zero attached hydrogens (tertiary/aromatic N) is 1. The van der Waals surface area contributed by atoms with Gasteiger partial charge in [0, 0.05) is 18.7 Å². The van der Waals surface area contributed by atoms with Gasteiger partial charge in [-0.05, 0) is 48.3 Å². The first-order valence-electron chi connectivity index (χ1n) is 8.51. The quantitative estimate of drug-likeness (QED) is 0.735. The number of piperidine rings is 1. The van der Waals surface area contributed by atoms with Gasteiger partial charge >= 0.3 is 0 Å². The van der Waals surface area contributed by atoms with Gasteiger partial charge in [0.15, 0.2) is 0 Å². The maximum atomic E-state index is 12.4. The molecule has 0 aromatic heterocycles. The molecule has 2 nitrogen and oxygen atoms in total. The zero-order valence-electron chi connectivity index (χ0n) is 14.4. The van der Waals surface area contributed by atoms with Crippen molar-refractivity contribution in [1.82, 2.24) is 4.90 Å². The summed E-state index contributed by atoms with van der Waals surface area (Å²) in [5, 5.41) is 0. The fourth-order valence-corrected chi connectivity index (χ4v) is 3.07. The van der Waals surface area contributed by atoms with Crippen LogP contribution in [0.1, 0.15) is 64.5 Å². The third kappa shape index (κ3) is 4.22. The lowest BCUT2D eigenvalue weighted by Crippen LogP contribution is -2.42. The molecule has 1 amide bonds. The number of carbonyl (C=O) groups excluding carboxylic acids is 1. The van der Waals surface area contributed by atoms with Crippen molar-refractivity contribution in [2.75, 3.05) is 6.54 Å². The summed E-state index contributed by atoms with van der Waals surface area (Å²) >= 11 is 0. The lowest BCUT2D eigenvalue weighted by molar-refractivity contribution is -0.129. The standard InChI is InChI=1S/C20H29NO/c1-5-18-8-6-7-15-21(18)19(22)14-11-16-9-12-17(13-10-16)20(2,3)4/h9-14,18H,5-8,15H2,1-4H3/b14-11+. The normalized spacial score (nSPS) is 19.6. The number of carbonyl (C=O) groups is 1. The van der Waals surface area contributed by atoms with Crippen molar-refractivity contribution in [3.8, 4) is 0 Å². The summed E-state index contributed by atoms with van der Waals surface area (Å²) < 4.78 is 0. The van der Waals surface area contributed by atoms with Gasteiger partial charge in [-0.2, -0.15) is 0 Å². The molecular formula is C20H29NO. The molecule has 1 unspecified atom stereocenters. The lowest BCUT2D eigenvalue weighted by Gasteiger charge is -2.34. The Morgan fingerprint density at radius 2 is 1.91 bits per heavy atom. The Kier molecular flexibility index (Phi) is 5.44. The van der Waals surface area contributed by atoms with E-state index in [1.807, 2.05) is 11.0 Å². The number of hydrogen-bond acceptors (Lipinski definition) is 1. The second-order valence-electron chi connectivity index (χ2n) is 7.29. The summed E-state index contributed by atoms with van der Waals surface area (Å²) in [6.07, 6.45) is 8.27. The molecule has 1 saturated heterocycles. The van der Waals surface area contributed by atoms with E-state index < -0.39 is 0 Å². The molecule has 0 bridgehead atoms. The third-order valence-electron chi connectivity index (χ3n) is 4.58. The average Bonchev–Trinajstić information content (AvgIpc) is 2.52. The smallest absolute Gasteiger partial charge is 0.246 e. The zero-order valence-corrected chi connectivity index (χ0v) is 14.4. The molecule has 0 saturated carbocycles. The highest BCUT2D eigenvalue weighted by Gasteiger charge is 2.23. The molecule has 1 aromatic rings. The minimum absolute atomic E-state index is 0.159. The second kappa shape index (κ2) is 7.13. The van der Waals surface area contributed by atoms with Crippen molar-refractivity contribution in [2.45, 2.75) is 64.8 Å². The second-order valence-corrected chi connectivity index (χ2v) is 7.29. The molecule has 2 heteroatoms. The van der Waals surface area contributed by atoms with Crippen LogP contribution in [0.5, 0.6) is 0 Å².